The van der Waals surface area contributed by atoms with E-state index < -0.39 is 24.0 Å². The second kappa shape index (κ2) is 9.00. The normalized spacial score (nSPS) is 16.9. The lowest BCUT2D eigenvalue weighted by Gasteiger charge is -2.24. The molecule has 1 fully saturated rings. The molecule has 0 radical (unpaired) electrons. The summed E-state index contributed by atoms with van der Waals surface area (Å²) < 4.78 is 5.33. The third-order valence-corrected chi connectivity index (χ3v) is 5.60. The molecule has 1 aliphatic rings. The van der Waals surface area contributed by atoms with Gasteiger partial charge < -0.3 is 15.0 Å². The van der Waals surface area contributed by atoms with E-state index in [1.165, 1.54) is 30.1 Å². The fraction of sp³-hybridized carbons (Fsp3) is 0.333. The third-order valence-electron chi connectivity index (χ3n) is 4.74. The number of carbonyl (C=O) groups is 4. The fourth-order valence-corrected chi connectivity index (χ4v) is 3.81. The molecular formula is C21H22N2O5S. The Bertz CT molecular complexity index is 908. The molecule has 1 aromatic heterocycles. The van der Waals surface area contributed by atoms with Crippen LogP contribution in [-0.4, -0.2) is 47.2 Å². The van der Waals surface area contributed by atoms with Crippen LogP contribution in [0.3, 0.4) is 0 Å². The van der Waals surface area contributed by atoms with Crippen LogP contribution < -0.4 is 5.32 Å². The van der Waals surface area contributed by atoms with Crippen LogP contribution in [0, 0.1) is 0 Å². The highest BCUT2D eigenvalue weighted by Gasteiger charge is 2.37. The van der Waals surface area contributed by atoms with Crippen LogP contribution in [0.1, 0.15) is 46.7 Å². The summed E-state index contributed by atoms with van der Waals surface area (Å²) in [5.41, 5.74) is 1.04. The lowest BCUT2D eigenvalue weighted by Crippen LogP contribution is -2.43. The van der Waals surface area contributed by atoms with Gasteiger partial charge in [0.1, 0.15) is 6.04 Å². The van der Waals surface area contributed by atoms with Crippen molar-refractivity contribution >= 4 is 40.6 Å². The van der Waals surface area contributed by atoms with Crippen LogP contribution in [0.25, 0.3) is 0 Å². The number of Topliss-reactive ketones (excluding diaryl/α,β-unsaturated/α-hetero) is 1. The molecule has 152 valence electrons. The summed E-state index contributed by atoms with van der Waals surface area (Å²) in [7, 11) is 0. The van der Waals surface area contributed by atoms with Gasteiger partial charge in [-0.25, -0.2) is 4.79 Å². The summed E-state index contributed by atoms with van der Waals surface area (Å²) in [5, 5.41) is 4.47. The number of amides is 2. The van der Waals surface area contributed by atoms with Crippen molar-refractivity contribution in [1.29, 1.82) is 0 Å². The van der Waals surface area contributed by atoms with E-state index in [1.807, 2.05) is 5.38 Å². The number of hydrogen-bond donors (Lipinski definition) is 1. The quantitative estimate of drug-likeness (QED) is 0.579. The highest BCUT2D eigenvalue weighted by molar-refractivity contribution is 7.12. The van der Waals surface area contributed by atoms with Crippen molar-refractivity contribution in [2.24, 2.45) is 0 Å². The number of benzene rings is 1. The zero-order valence-corrected chi connectivity index (χ0v) is 17.0. The Labute approximate surface area is 172 Å². The van der Waals surface area contributed by atoms with Crippen molar-refractivity contribution in [1.82, 2.24) is 4.90 Å². The Morgan fingerprint density at radius 2 is 1.90 bits per heavy atom. The number of nitrogens with one attached hydrogen (secondary N) is 1. The highest BCUT2D eigenvalue weighted by atomic mass is 32.1. The van der Waals surface area contributed by atoms with Crippen molar-refractivity contribution < 1.29 is 23.9 Å². The lowest BCUT2D eigenvalue weighted by atomic mass is 10.1. The molecule has 0 spiro atoms. The predicted molar refractivity (Wildman–Crippen MR) is 109 cm³/mol. The number of likely N-dealkylation sites (tertiary alicyclic amines) is 1. The Kier molecular flexibility index (Phi) is 6.43. The first-order valence-electron chi connectivity index (χ1n) is 9.33. The Morgan fingerprint density at radius 1 is 1.17 bits per heavy atom. The average Bonchev–Trinajstić information content (AvgIpc) is 3.39. The molecule has 8 heteroatoms. The summed E-state index contributed by atoms with van der Waals surface area (Å²) >= 11 is 1.33. The molecule has 1 N–H and O–H groups in total. The number of rotatable bonds is 6. The fourth-order valence-electron chi connectivity index (χ4n) is 3.14. The van der Waals surface area contributed by atoms with Gasteiger partial charge in [-0.2, -0.15) is 0 Å². The van der Waals surface area contributed by atoms with Crippen LogP contribution >= 0.6 is 11.3 Å². The largest absolute Gasteiger partial charge is 0.451 e. The first kappa shape index (κ1) is 20.7. The van der Waals surface area contributed by atoms with Gasteiger partial charge in [-0.05, 0) is 62.4 Å². The van der Waals surface area contributed by atoms with Crippen molar-refractivity contribution in [2.75, 3.05) is 11.9 Å². The molecule has 7 nitrogen and oxygen atoms in total. The molecule has 0 aliphatic carbocycles. The molecule has 0 bridgehead atoms. The van der Waals surface area contributed by atoms with Crippen molar-refractivity contribution in [2.45, 2.75) is 38.8 Å². The van der Waals surface area contributed by atoms with Gasteiger partial charge in [0, 0.05) is 17.8 Å². The molecule has 29 heavy (non-hydrogen) atoms. The van der Waals surface area contributed by atoms with Crippen LogP contribution in [0.15, 0.2) is 41.8 Å². The monoisotopic (exact) mass is 414 g/mol. The number of hydrogen-bond acceptors (Lipinski definition) is 6. The van der Waals surface area contributed by atoms with E-state index in [1.54, 1.807) is 36.4 Å². The molecule has 2 amide bonds. The minimum atomic E-state index is -1.02. The number of anilines is 1. The number of carbonyl (C=O) groups excluding carboxylic acids is 4. The van der Waals surface area contributed by atoms with E-state index >= 15 is 0 Å². The number of ether oxygens (including phenoxy) is 1. The summed E-state index contributed by atoms with van der Waals surface area (Å²) in [5.74, 6) is -1.32. The minimum absolute atomic E-state index is 0.0663. The van der Waals surface area contributed by atoms with Gasteiger partial charge in [0.15, 0.2) is 11.9 Å². The third kappa shape index (κ3) is 4.89. The van der Waals surface area contributed by atoms with Gasteiger partial charge >= 0.3 is 5.97 Å². The number of esters is 1. The Balaban J connectivity index is 1.58. The molecular weight excluding hydrogens is 392 g/mol. The standard InChI is InChI=1S/C21H22N2O5S/c1-13(24)15-7-9-16(10-8-15)22-19(25)14(2)28-21(27)17-5-3-11-23(17)20(26)18-6-4-12-29-18/h4,6-10,12,14,17H,3,5,11H2,1-2H3,(H,22,25)/t14-,17-/m0/s1. The van der Waals surface area contributed by atoms with E-state index in [2.05, 4.69) is 5.32 Å². The average molecular weight is 414 g/mol. The van der Waals surface area contributed by atoms with E-state index in [0.717, 1.165) is 0 Å². The predicted octanol–water partition coefficient (Wildman–Crippen LogP) is 3.13. The second-order valence-electron chi connectivity index (χ2n) is 6.84. The SMILES string of the molecule is CC(=O)c1ccc(NC(=O)[C@H](C)OC(=O)[C@@H]2CCCN2C(=O)c2cccs2)cc1. The van der Waals surface area contributed by atoms with Crippen LogP contribution in [0.2, 0.25) is 0 Å². The molecule has 0 saturated carbocycles. The molecule has 1 aliphatic heterocycles. The maximum absolute atomic E-state index is 12.6. The summed E-state index contributed by atoms with van der Waals surface area (Å²) in [6.45, 7) is 3.43. The Morgan fingerprint density at radius 3 is 2.52 bits per heavy atom. The topological polar surface area (TPSA) is 92.8 Å². The van der Waals surface area contributed by atoms with E-state index in [9.17, 15) is 19.2 Å². The van der Waals surface area contributed by atoms with Gasteiger partial charge in [-0.15, -0.1) is 11.3 Å². The Hall–Kier alpha value is -3.00. The van der Waals surface area contributed by atoms with Gasteiger partial charge in [0.25, 0.3) is 11.8 Å². The lowest BCUT2D eigenvalue weighted by molar-refractivity contribution is -0.156. The molecule has 2 heterocycles. The van der Waals surface area contributed by atoms with Crippen LogP contribution in [0.5, 0.6) is 0 Å². The molecule has 0 unspecified atom stereocenters. The number of nitrogens with zero attached hydrogens (tertiary/aromatic N) is 1. The first-order chi connectivity index (χ1) is 13.9. The van der Waals surface area contributed by atoms with Gasteiger partial charge in [-0.1, -0.05) is 6.07 Å². The van der Waals surface area contributed by atoms with Crippen LogP contribution in [-0.2, 0) is 14.3 Å². The number of thiophene rings is 1. The van der Waals surface area contributed by atoms with Gasteiger partial charge in [0.2, 0.25) is 0 Å². The zero-order valence-electron chi connectivity index (χ0n) is 16.2. The van der Waals surface area contributed by atoms with E-state index in [0.29, 0.717) is 35.5 Å². The minimum Gasteiger partial charge on any atom is -0.451 e. The van der Waals surface area contributed by atoms with Crippen molar-refractivity contribution in [3.63, 3.8) is 0 Å². The van der Waals surface area contributed by atoms with Crippen molar-refractivity contribution in [3.8, 4) is 0 Å². The maximum atomic E-state index is 12.6. The summed E-state index contributed by atoms with van der Waals surface area (Å²) in [6, 6.07) is 9.28. The second-order valence-corrected chi connectivity index (χ2v) is 7.78. The number of ketones is 1. The molecule has 2 aromatic rings. The molecule has 1 aromatic carbocycles. The molecule has 1 saturated heterocycles. The summed E-state index contributed by atoms with van der Waals surface area (Å²) in [4.78, 5) is 50.9. The van der Waals surface area contributed by atoms with Crippen LogP contribution in [0.4, 0.5) is 5.69 Å². The smallest absolute Gasteiger partial charge is 0.329 e. The van der Waals surface area contributed by atoms with Crippen molar-refractivity contribution in [3.05, 3.63) is 52.2 Å². The molecule has 2 atom stereocenters. The van der Waals surface area contributed by atoms with E-state index in [4.69, 9.17) is 4.74 Å². The zero-order chi connectivity index (χ0) is 21.0. The maximum Gasteiger partial charge on any atom is 0.329 e. The summed E-state index contributed by atoms with van der Waals surface area (Å²) in [6.07, 6.45) is 0.200. The molecule has 3 rings (SSSR count). The van der Waals surface area contributed by atoms with Gasteiger partial charge in [-0.3, -0.25) is 14.4 Å². The van der Waals surface area contributed by atoms with E-state index in [-0.39, 0.29) is 11.7 Å². The first-order valence-corrected chi connectivity index (χ1v) is 10.2. The highest BCUT2D eigenvalue weighted by Crippen LogP contribution is 2.23. The van der Waals surface area contributed by atoms with Gasteiger partial charge in [0.05, 0.1) is 4.88 Å².